The van der Waals surface area contributed by atoms with Gasteiger partial charge in [-0.15, -0.1) is 0 Å². The SMILES string of the molecule is CC(=O)NC1CCN(c2nc(C)cc(C#N)n2)C1. The number of carbonyl (C=O) groups excluding carboxylic acids is 1. The highest BCUT2D eigenvalue weighted by atomic mass is 16.1. The van der Waals surface area contributed by atoms with Crippen molar-refractivity contribution in [2.24, 2.45) is 0 Å². The molecule has 0 bridgehead atoms. The summed E-state index contributed by atoms with van der Waals surface area (Å²) < 4.78 is 0. The predicted octanol–water partition coefficient (Wildman–Crippen LogP) is 0.371. The molecule has 1 aliphatic rings. The molecule has 1 N–H and O–H groups in total. The molecular formula is C12H15N5O. The minimum Gasteiger partial charge on any atom is -0.352 e. The number of nitrogens with zero attached hydrogens (tertiary/aromatic N) is 4. The van der Waals surface area contributed by atoms with E-state index in [-0.39, 0.29) is 11.9 Å². The Hall–Kier alpha value is -2.16. The summed E-state index contributed by atoms with van der Waals surface area (Å²) in [6, 6.07) is 3.82. The molecule has 2 rings (SSSR count). The Morgan fingerprint density at radius 1 is 1.61 bits per heavy atom. The van der Waals surface area contributed by atoms with Crippen LogP contribution in [0.25, 0.3) is 0 Å². The third kappa shape index (κ3) is 2.74. The zero-order chi connectivity index (χ0) is 13.1. The quantitative estimate of drug-likeness (QED) is 0.814. The predicted molar refractivity (Wildman–Crippen MR) is 65.9 cm³/mol. The average Bonchev–Trinajstić information content (AvgIpc) is 2.75. The van der Waals surface area contributed by atoms with Crippen molar-refractivity contribution in [2.45, 2.75) is 26.3 Å². The number of hydrogen-bond donors (Lipinski definition) is 1. The van der Waals surface area contributed by atoms with Gasteiger partial charge in [-0.1, -0.05) is 0 Å². The Morgan fingerprint density at radius 3 is 3.06 bits per heavy atom. The standard InChI is InChI=1S/C12H15N5O/c1-8-5-11(6-13)16-12(14-8)17-4-3-10(7-17)15-9(2)18/h5,10H,3-4,7H2,1-2H3,(H,15,18). The van der Waals surface area contributed by atoms with E-state index in [4.69, 9.17) is 5.26 Å². The molecule has 94 valence electrons. The lowest BCUT2D eigenvalue weighted by Gasteiger charge is -2.17. The molecule has 0 radical (unpaired) electrons. The normalized spacial score (nSPS) is 18.5. The molecule has 1 aliphatic heterocycles. The number of rotatable bonds is 2. The van der Waals surface area contributed by atoms with Crippen LogP contribution in [0.1, 0.15) is 24.7 Å². The Kier molecular flexibility index (Phi) is 3.42. The summed E-state index contributed by atoms with van der Waals surface area (Å²) >= 11 is 0. The molecule has 0 spiro atoms. The van der Waals surface area contributed by atoms with E-state index in [1.807, 2.05) is 17.9 Å². The molecule has 0 aliphatic carbocycles. The third-order valence-electron chi connectivity index (χ3n) is 2.84. The van der Waals surface area contributed by atoms with E-state index >= 15 is 0 Å². The minimum atomic E-state index is -0.0234. The van der Waals surface area contributed by atoms with E-state index in [9.17, 15) is 4.79 Å². The zero-order valence-corrected chi connectivity index (χ0v) is 10.5. The van der Waals surface area contributed by atoms with Gasteiger partial charge in [0.25, 0.3) is 0 Å². The van der Waals surface area contributed by atoms with Gasteiger partial charge in [0.1, 0.15) is 11.8 Å². The van der Waals surface area contributed by atoms with Crippen LogP contribution in [0.2, 0.25) is 0 Å². The number of aryl methyl sites for hydroxylation is 1. The number of amides is 1. The summed E-state index contributed by atoms with van der Waals surface area (Å²) in [4.78, 5) is 21.5. The van der Waals surface area contributed by atoms with Crippen molar-refractivity contribution in [1.82, 2.24) is 15.3 Å². The zero-order valence-electron chi connectivity index (χ0n) is 10.5. The molecule has 0 aromatic carbocycles. The summed E-state index contributed by atoms with van der Waals surface area (Å²) in [5, 5.41) is 11.8. The largest absolute Gasteiger partial charge is 0.352 e. The van der Waals surface area contributed by atoms with Gasteiger partial charge < -0.3 is 10.2 Å². The van der Waals surface area contributed by atoms with Crippen LogP contribution in [0.4, 0.5) is 5.95 Å². The highest BCUT2D eigenvalue weighted by molar-refractivity contribution is 5.73. The average molecular weight is 245 g/mol. The molecule has 1 saturated heterocycles. The van der Waals surface area contributed by atoms with Gasteiger partial charge in [0.2, 0.25) is 11.9 Å². The first-order chi connectivity index (χ1) is 8.58. The fraction of sp³-hybridized carbons (Fsp3) is 0.500. The Morgan fingerprint density at radius 2 is 2.39 bits per heavy atom. The van der Waals surface area contributed by atoms with Gasteiger partial charge >= 0.3 is 0 Å². The lowest BCUT2D eigenvalue weighted by molar-refractivity contribution is -0.119. The molecule has 1 aromatic rings. The molecule has 6 heteroatoms. The molecule has 1 amide bonds. The van der Waals surface area contributed by atoms with Crippen molar-refractivity contribution < 1.29 is 4.79 Å². The fourth-order valence-electron chi connectivity index (χ4n) is 2.10. The second-order valence-electron chi connectivity index (χ2n) is 4.44. The number of nitrogens with one attached hydrogen (secondary N) is 1. The van der Waals surface area contributed by atoms with E-state index in [2.05, 4.69) is 15.3 Å². The van der Waals surface area contributed by atoms with Crippen molar-refractivity contribution in [2.75, 3.05) is 18.0 Å². The highest BCUT2D eigenvalue weighted by Gasteiger charge is 2.25. The maximum atomic E-state index is 11.0. The minimum absolute atomic E-state index is 0.0234. The number of carbonyl (C=O) groups is 1. The van der Waals surface area contributed by atoms with Gasteiger partial charge in [0, 0.05) is 31.7 Å². The van der Waals surface area contributed by atoms with E-state index in [1.165, 1.54) is 6.92 Å². The fourth-order valence-corrected chi connectivity index (χ4v) is 2.10. The van der Waals surface area contributed by atoms with Crippen molar-refractivity contribution in [1.29, 1.82) is 5.26 Å². The van der Waals surface area contributed by atoms with Crippen LogP contribution in [0, 0.1) is 18.3 Å². The maximum Gasteiger partial charge on any atom is 0.226 e. The van der Waals surface area contributed by atoms with Crippen LogP contribution in [0.3, 0.4) is 0 Å². The van der Waals surface area contributed by atoms with Crippen LogP contribution in [-0.4, -0.2) is 35.0 Å². The van der Waals surface area contributed by atoms with Gasteiger partial charge in [-0.05, 0) is 19.4 Å². The number of nitriles is 1. The molecule has 6 nitrogen and oxygen atoms in total. The van der Waals surface area contributed by atoms with Crippen molar-refractivity contribution >= 4 is 11.9 Å². The summed E-state index contributed by atoms with van der Waals surface area (Å²) in [7, 11) is 0. The van der Waals surface area contributed by atoms with Crippen LogP contribution < -0.4 is 10.2 Å². The topological polar surface area (TPSA) is 81.9 Å². The van der Waals surface area contributed by atoms with Crippen molar-refractivity contribution in [3.8, 4) is 6.07 Å². The van der Waals surface area contributed by atoms with Crippen LogP contribution in [0.15, 0.2) is 6.07 Å². The molecule has 2 heterocycles. The van der Waals surface area contributed by atoms with Crippen molar-refractivity contribution in [3.63, 3.8) is 0 Å². The monoisotopic (exact) mass is 245 g/mol. The van der Waals surface area contributed by atoms with Crippen LogP contribution in [-0.2, 0) is 4.79 Å². The number of aromatic nitrogens is 2. The molecule has 0 saturated carbocycles. The van der Waals surface area contributed by atoms with Crippen molar-refractivity contribution in [3.05, 3.63) is 17.5 Å². The number of anilines is 1. The van der Waals surface area contributed by atoms with Gasteiger partial charge in [-0.25, -0.2) is 9.97 Å². The Balaban J connectivity index is 2.12. The molecule has 18 heavy (non-hydrogen) atoms. The molecule has 1 unspecified atom stereocenters. The second kappa shape index (κ2) is 5.00. The molecule has 1 aromatic heterocycles. The maximum absolute atomic E-state index is 11.0. The van der Waals surface area contributed by atoms with E-state index in [0.29, 0.717) is 18.2 Å². The number of hydrogen-bond acceptors (Lipinski definition) is 5. The lowest BCUT2D eigenvalue weighted by Crippen LogP contribution is -2.35. The first-order valence-electron chi connectivity index (χ1n) is 5.86. The molecule has 1 fully saturated rings. The molecular weight excluding hydrogens is 230 g/mol. The first-order valence-corrected chi connectivity index (χ1v) is 5.86. The van der Waals surface area contributed by atoms with E-state index < -0.39 is 0 Å². The van der Waals surface area contributed by atoms with Gasteiger partial charge in [0.15, 0.2) is 0 Å². The van der Waals surface area contributed by atoms with E-state index in [0.717, 1.165) is 18.7 Å². The lowest BCUT2D eigenvalue weighted by atomic mass is 10.3. The van der Waals surface area contributed by atoms with E-state index in [1.54, 1.807) is 6.07 Å². The summed E-state index contributed by atoms with van der Waals surface area (Å²) in [6.07, 6.45) is 0.874. The molecule has 1 atom stereocenters. The van der Waals surface area contributed by atoms with Crippen LogP contribution >= 0.6 is 0 Å². The second-order valence-corrected chi connectivity index (χ2v) is 4.44. The first kappa shape index (κ1) is 12.3. The van der Waals surface area contributed by atoms with Gasteiger partial charge in [-0.3, -0.25) is 4.79 Å². The smallest absolute Gasteiger partial charge is 0.226 e. The van der Waals surface area contributed by atoms with Crippen LogP contribution in [0.5, 0.6) is 0 Å². The summed E-state index contributed by atoms with van der Waals surface area (Å²) in [5.41, 5.74) is 1.15. The Labute approximate surface area is 106 Å². The summed E-state index contributed by atoms with van der Waals surface area (Å²) in [6.45, 7) is 4.83. The summed E-state index contributed by atoms with van der Waals surface area (Å²) in [5.74, 6) is 0.545. The van der Waals surface area contributed by atoms with Gasteiger partial charge in [0.05, 0.1) is 0 Å². The van der Waals surface area contributed by atoms with Gasteiger partial charge in [-0.2, -0.15) is 5.26 Å². The third-order valence-corrected chi connectivity index (χ3v) is 2.84. The Bertz CT molecular complexity index is 508. The highest BCUT2D eigenvalue weighted by Crippen LogP contribution is 2.17.